The number of hydrogen-bond acceptors (Lipinski definition) is 9. The SMILES string of the molecule is CC(C#N)C1CCC(C(C)C#N)C(C(C)C#N)C1.CC(C#N)C1CCC(C(C)C#N)C(CCC#N)C1.CC(C#N)C1CCC(CCC#N)CC1C(C)C#N. The van der Waals surface area contributed by atoms with Gasteiger partial charge in [-0.05, 0) is 166 Å². The van der Waals surface area contributed by atoms with Crippen molar-refractivity contribution in [1.29, 1.82) is 47.4 Å². The Bertz CT molecular complexity index is 1520. The van der Waals surface area contributed by atoms with Gasteiger partial charge in [0.1, 0.15) is 0 Å². The first-order valence-corrected chi connectivity index (χ1v) is 20.3. The molecule has 0 radical (unpaired) electrons. The van der Waals surface area contributed by atoms with Crippen LogP contribution in [0.15, 0.2) is 0 Å². The lowest BCUT2D eigenvalue weighted by atomic mass is 9.63. The fraction of sp³-hybridized carbons (Fsp3) is 0.800. The second-order valence-corrected chi connectivity index (χ2v) is 16.7. The first-order valence-electron chi connectivity index (χ1n) is 20.3. The van der Waals surface area contributed by atoms with Crippen LogP contribution < -0.4 is 0 Å². The van der Waals surface area contributed by atoms with Crippen molar-refractivity contribution in [2.24, 2.45) is 94.7 Å². The summed E-state index contributed by atoms with van der Waals surface area (Å²) in [5, 5.41) is 81.0. The van der Waals surface area contributed by atoms with E-state index >= 15 is 0 Å². The average molecular weight is 730 g/mol. The van der Waals surface area contributed by atoms with Crippen molar-refractivity contribution in [3.8, 4) is 54.6 Å². The second-order valence-electron chi connectivity index (χ2n) is 16.7. The smallest absolute Gasteiger partial charge is 0.0655 e. The number of rotatable bonds is 11. The van der Waals surface area contributed by atoms with Crippen LogP contribution in [0, 0.1) is 197 Å². The Kier molecular flexibility index (Phi) is 22.3. The molecule has 0 aromatic rings. The third-order valence-electron chi connectivity index (χ3n) is 13.5. The fourth-order valence-electron chi connectivity index (χ4n) is 9.67. The minimum absolute atomic E-state index is 0.00384. The van der Waals surface area contributed by atoms with E-state index < -0.39 is 0 Å². The quantitative estimate of drug-likeness (QED) is 0.197. The standard InChI is InChI=1S/3C15H21N3/c1-10(7-16)13-4-5-14(11(2)8-17)15(6-13)12(3)9-18;1-11(9-17)13-5-6-15(12(2)10-18)14(8-13)4-3-7-16;1-11(9-17)14-6-5-13(4-3-7-16)8-15(14)12(2)10-18/h10-15H,4-6H2,1-3H3;2*11-15H,3-6,8H2,1-2H3. The molecule has 288 valence electrons. The van der Waals surface area contributed by atoms with E-state index in [1.807, 2.05) is 48.5 Å². The van der Waals surface area contributed by atoms with Gasteiger partial charge in [-0.2, -0.15) is 47.4 Å². The van der Waals surface area contributed by atoms with Gasteiger partial charge in [0, 0.05) is 54.3 Å². The van der Waals surface area contributed by atoms with E-state index in [4.69, 9.17) is 47.4 Å². The minimum Gasteiger partial charge on any atom is -0.198 e. The normalized spacial score (nSPS) is 31.1. The van der Waals surface area contributed by atoms with E-state index in [-0.39, 0.29) is 47.3 Å². The molecular formula is C45H63N9. The third-order valence-corrected chi connectivity index (χ3v) is 13.5. The Morgan fingerprint density at radius 3 is 1.17 bits per heavy atom. The van der Waals surface area contributed by atoms with Gasteiger partial charge in [0.15, 0.2) is 0 Å². The van der Waals surface area contributed by atoms with Gasteiger partial charge >= 0.3 is 0 Å². The molecule has 0 amide bonds. The average Bonchev–Trinajstić information content (AvgIpc) is 3.22. The van der Waals surface area contributed by atoms with Gasteiger partial charge in [-0.1, -0.05) is 6.42 Å². The summed E-state index contributed by atoms with van der Waals surface area (Å²) < 4.78 is 0. The zero-order valence-electron chi connectivity index (χ0n) is 34.0. The van der Waals surface area contributed by atoms with Crippen LogP contribution in [0.5, 0.6) is 0 Å². The Balaban J connectivity index is 0.000000405. The Hall–Kier alpha value is -4.59. The lowest BCUT2D eigenvalue weighted by Gasteiger charge is -2.39. The van der Waals surface area contributed by atoms with Crippen molar-refractivity contribution in [2.75, 3.05) is 0 Å². The van der Waals surface area contributed by atoms with Crippen LogP contribution in [-0.4, -0.2) is 0 Å². The molecule has 9 nitrogen and oxygen atoms in total. The van der Waals surface area contributed by atoms with Crippen LogP contribution in [0.25, 0.3) is 0 Å². The molecule has 16 unspecified atom stereocenters. The molecule has 3 aliphatic rings. The highest BCUT2D eigenvalue weighted by Crippen LogP contribution is 2.45. The highest BCUT2D eigenvalue weighted by atomic mass is 14.5. The van der Waals surface area contributed by atoms with E-state index in [0.717, 1.165) is 70.6 Å². The second kappa shape index (κ2) is 25.4. The topological polar surface area (TPSA) is 214 Å². The maximum absolute atomic E-state index is 9.14. The lowest BCUT2D eigenvalue weighted by Crippen LogP contribution is -2.34. The molecule has 0 heterocycles. The molecule has 0 bridgehead atoms. The van der Waals surface area contributed by atoms with Crippen molar-refractivity contribution in [2.45, 2.75) is 132 Å². The molecule has 0 saturated heterocycles. The van der Waals surface area contributed by atoms with Gasteiger partial charge in [-0.15, -0.1) is 0 Å². The molecule has 0 N–H and O–H groups in total. The summed E-state index contributed by atoms with van der Waals surface area (Å²) in [6.07, 6.45) is 12.1. The van der Waals surface area contributed by atoms with Gasteiger partial charge < -0.3 is 0 Å². The highest BCUT2D eigenvalue weighted by Gasteiger charge is 2.39. The molecule has 3 aliphatic carbocycles. The van der Waals surface area contributed by atoms with Crippen molar-refractivity contribution in [3.05, 3.63) is 0 Å². The molecule has 3 fully saturated rings. The van der Waals surface area contributed by atoms with Crippen LogP contribution in [0.2, 0.25) is 0 Å². The maximum atomic E-state index is 9.14. The first kappa shape index (κ1) is 47.4. The highest BCUT2D eigenvalue weighted by molar-refractivity contribution is 5.01. The van der Waals surface area contributed by atoms with E-state index in [1.165, 1.54) is 0 Å². The van der Waals surface area contributed by atoms with Gasteiger partial charge in [0.2, 0.25) is 0 Å². The molecular weight excluding hydrogens is 667 g/mol. The van der Waals surface area contributed by atoms with E-state index in [9.17, 15) is 0 Å². The molecule has 16 atom stereocenters. The largest absolute Gasteiger partial charge is 0.198 e. The van der Waals surface area contributed by atoms with Crippen molar-refractivity contribution < 1.29 is 0 Å². The summed E-state index contributed by atoms with van der Waals surface area (Å²) in [6.45, 7) is 13.8. The van der Waals surface area contributed by atoms with Crippen molar-refractivity contribution in [3.63, 3.8) is 0 Å². The summed E-state index contributed by atoms with van der Waals surface area (Å²) in [5.74, 6) is 3.71. The Morgan fingerprint density at radius 1 is 0.370 bits per heavy atom. The fourth-order valence-corrected chi connectivity index (χ4v) is 9.67. The maximum Gasteiger partial charge on any atom is 0.0655 e. The van der Waals surface area contributed by atoms with Crippen LogP contribution >= 0.6 is 0 Å². The Morgan fingerprint density at radius 2 is 0.722 bits per heavy atom. The van der Waals surface area contributed by atoms with E-state index in [2.05, 4.69) is 54.6 Å². The molecule has 3 rings (SSSR count). The predicted octanol–water partition coefficient (Wildman–Crippen LogP) is 10.8. The van der Waals surface area contributed by atoms with Crippen LogP contribution in [0.1, 0.15) is 132 Å². The molecule has 0 aliphatic heterocycles. The first-order chi connectivity index (χ1) is 25.8. The number of nitrogens with zero attached hydrogens (tertiary/aromatic N) is 9. The molecule has 9 heteroatoms. The summed E-state index contributed by atoms with van der Waals surface area (Å²) in [6, 6.07) is 20.8. The monoisotopic (exact) mass is 730 g/mol. The minimum atomic E-state index is -0.0282. The van der Waals surface area contributed by atoms with Gasteiger partial charge in [-0.25, -0.2) is 0 Å². The number of hydrogen-bond donors (Lipinski definition) is 0. The molecule has 54 heavy (non-hydrogen) atoms. The van der Waals surface area contributed by atoms with Crippen LogP contribution in [-0.2, 0) is 0 Å². The van der Waals surface area contributed by atoms with Crippen molar-refractivity contribution in [1.82, 2.24) is 0 Å². The zero-order chi connectivity index (χ0) is 40.8. The summed E-state index contributed by atoms with van der Waals surface area (Å²) in [4.78, 5) is 0. The summed E-state index contributed by atoms with van der Waals surface area (Å²) in [5.41, 5.74) is 0. The Labute approximate surface area is 327 Å². The lowest BCUT2D eigenvalue weighted by molar-refractivity contribution is 0.108. The molecule has 0 aromatic carbocycles. The third kappa shape index (κ3) is 14.3. The van der Waals surface area contributed by atoms with Crippen molar-refractivity contribution >= 4 is 0 Å². The zero-order valence-corrected chi connectivity index (χ0v) is 34.0. The van der Waals surface area contributed by atoms with Crippen LogP contribution in [0.3, 0.4) is 0 Å². The van der Waals surface area contributed by atoms with E-state index in [1.54, 1.807) is 0 Å². The molecule has 3 saturated carbocycles. The molecule has 0 spiro atoms. The summed E-state index contributed by atoms with van der Waals surface area (Å²) in [7, 11) is 0. The van der Waals surface area contributed by atoms with Gasteiger partial charge in [-0.3, -0.25) is 0 Å². The molecule has 0 aromatic heterocycles. The van der Waals surface area contributed by atoms with Crippen LogP contribution in [0.4, 0.5) is 0 Å². The van der Waals surface area contributed by atoms with Gasteiger partial charge in [0.05, 0.1) is 54.6 Å². The summed E-state index contributed by atoms with van der Waals surface area (Å²) >= 11 is 0. The number of nitriles is 9. The van der Waals surface area contributed by atoms with E-state index in [0.29, 0.717) is 60.2 Å². The predicted molar refractivity (Wildman–Crippen MR) is 206 cm³/mol. The van der Waals surface area contributed by atoms with Gasteiger partial charge in [0.25, 0.3) is 0 Å².